The summed E-state index contributed by atoms with van der Waals surface area (Å²) in [5.74, 6) is 0.828. The van der Waals surface area contributed by atoms with Crippen LogP contribution in [0.2, 0.25) is 0 Å². The third kappa shape index (κ3) is 5.99. The number of ether oxygens (including phenoxy) is 2. The monoisotopic (exact) mass is 328 g/mol. The van der Waals surface area contributed by atoms with Crippen LogP contribution in [0.4, 0.5) is 0 Å². The highest BCUT2D eigenvalue weighted by molar-refractivity contribution is 5.39. The molecule has 3 nitrogen and oxygen atoms in total. The van der Waals surface area contributed by atoms with Gasteiger partial charge in [0.05, 0.1) is 6.61 Å². The van der Waals surface area contributed by atoms with Gasteiger partial charge in [-0.1, -0.05) is 55.8 Å². The first-order chi connectivity index (χ1) is 11.7. The third-order valence-electron chi connectivity index (χ3n) is 4.12. The standard InChI is InChI=1S/C21H28O3/c1-3-4-11-19-12-8-13-20(17(19)2)24-16-21(22)23-15-14-18-9-6-5-7-10-18/h5-10,12-13,21-22H,3-4,11,14-16H2,1-2H3. The number of hydrogen-bond acceptors (Lipinski definition) is 3. The fourth-order valence-electron chi connectivity index (χ4n) is 2.62. The Bertz CT molecular complexity index is 595. The molecule has 2 aromatic rings. The van der Waals surface area contributed by atoms with Crippen molar-refractivity contribution in [2.75, 3.05) is 13.2 Å². The summed E-state index contributed by atoms with van der Waals surface area (Å²) < 4.78 is 11.2. The van der Waals surface area contributed by atoms with Crippen LogP contribution in [0.3, 0.4) is 0 Å². The minimum Gasteiger partial charge on any atom is -0.488 e. The lowest BCUT2D eigenvalue weighted by Crippen LogP contribution is -2.22. The van der Waals surface area contributed by atoms with E-state index in [1.54, 1.807) is 0 Å². The average molecular weight is 328 g/mol. The molecule has 24 heavy (non-hydrogen) atoms. The van der Waals surface area contributed by atoms with Crippen molar-refractivity contribution in [3.8, 4) is 5.75 Å². The van der Waals surface area contributed by atoms with E-state index < -0.39 is 6.29 Å². The Labute approximate surface area is 145 Å². The highest BCUT2D eigenvalue weighted by Gasteiger charge is 2.09. The summed E-state index contributed by atoms with van der Waals surface area (Å²) in [4.78, 5) is 0. The molecule has 0 aliphatic carbocycles. The summed E-state index contributed by atoms with van der Waals surface area (Å²) in [7, 11) is 0. The van der Waals surface area contributed by atoms with Crippen molar-refractivity contribution in [1.82, 2.24) is 0 Å². The predicted octanol–water partition coefficient (Wildman–Crippen LogP) is 4.29. The topological polar surface area (TPSA) is 38.7 Å². The van der Waals surface area contributed by atoms with Crippen LogP contribution >= 0.6 is 0 Å². The minimum atomic E-state index is -0.910. The second-order valence-corrected chi connectivity index (χ2v) is 6.02. The molecule has 0 saturated carbocycles. The number of aryl methyl sites for hydroxylation is 1. The summed E-state index contributed by atoms with van der Waals surface area (Å²) in [6.07, 6.45) is 3.29. The second kappa shape index (κ2) is 10.1. The van der Waals surface area contributed by atoms with Gasteiger partial charge in [0, 0.05) is 0 Å². The van der Waals surface area contributed by atoms with Crippen LogP contribution in [0, 0.1) is 6.92 Å². The van der Waals surface area contributed by atoms with E-state index in [0.717, 1.165) is 24.2 Å². The summed E-state index contributed by atoms with van der Waals surface area (Å²) >= 11 is 0. The Morgan fingerprint density at radius 2 is 1.79 bits per heavy atom. The van der Waals surface area contributed by atoms with Crippen molar-refractivity contribution in [3.63, 3.8) is 0 Å². The van der Waals surface area contributed by atoms with Crippen LogP contribution in [0.1, 0.15) is 36.5 Å². The van der Waals surface area contributed by atoms with Gasteiger partial charge in [-0.05, 0) is 48.9 Å². The zero-order valence-electron chi connectivity index (χ0n) is 14.7. The van der Waals surface area contributed by atoms with Crippen LogP contribution in [-0.4, -0.2) is 24.6 Å². The van der Waals surface area contributed by atoms with Crippen LogP contribution in [0.15, 0.2) is 48.5 Å². The second-order valence-electron chi connectivity index (χ2n) is 6.02. The molecule has 0 spiro atoms. The van der Waals surface area contributed by atoms with E-state index in [0.29, 0.717) is 6.61 Å². The van der Waals surface area contributed by atoms with Crippen molar-refractivity contribution in [2.24, 2.45) is 0 Å². The lowest BCUT2D eigenvalue weighted by molar-refractivity contribution is -0.118. The van der Waals surface area contributed by atoms with E-state index in [2.05, 4.69) is 32.0 Å². The Hall–Kier alpha value is -1.84. The number of unbranched alkanes of at least 4 members (excludes halogenated alkanes) is 1. The average Bonchev–Trinajstić information content (AvgIpc) is 2.61. The van der Waals surface area contributed by atoms with Crippen LogP contribution in [-0.2, 0) is 17.6 Å². The van der Waals surface area contributed by atoms with Gasteiger partial charge in [-0.3, -0.25) is 0 Å². The van der Waals surface area contributed by atoms with E-state index >= 15 is 0 Å². The van der Waals surface area contributed by atoms with Crippen LogP contribution in [0.25, 0.3) is 0 Å². The number of aliphatic hydroxyl groups excluding tert-OH is 1. The van der Waals surface area contributed by atoms with E-state index in [1.165, 1.54) is 24.0 Å². The number of benzene rings is 2. The number of rotatable bonds is 10. The Morgan fingerprint density at radius 3 is 2.54 bits per heavy atom. The lowest BCUT2D eigenvalue weighted by Gasteiger charge is -2.16. The highest BCUT2D eigenvalue weighted by Crippen LogP contribution is 2.23. The van der Waals surface area contributed by atoms with Gasteiger partial charge < -0.3 is 14.6 Å². The molecule has 1 unspecified atom stereocenters. The molecule has 0 aromatic heterocycles. The van der Waals surface area contributed by atoms with Gasteiger partial charge in [-0.15, -0.1) is 0 Å². The van der Waals surface area contributed by atoms with Crippen molar-refractivity contribution in [2.45, 2.75) is 45.8 Å². The van der Waals surface area contributed by atoms with Crippen molar-refractivity contribution >= 4 is 0 Å². The summed E-state index contributed by atoms with van der Waals surface area (Å²) in [5, 5.41) is 9.94. The number of hydrogen-bond donors (Lipinski definition) is 1. The third-order valence-corrected chi connectivity index (χ3v) is 4.12. The van der Waals surface area contributed by atoms with E-state index in [4.69, 9.17) is 9.47 Å². The maximum atomic E-state index is 9.94. The first-order valence-corrected chi connectivity index (χ1v) is 8.75. The SMILES string of the molecule is CCCCc1cccc(OCC(O)OCCc2ccccc2)c1C. The molecular formula is C21H28O3. The van der Waals surface area contributed by atoms with E-state index in [1.807, 2.05) is 30.3 Å². The van der Waals surface area contributed by atoms with E-state index in [9.17, 15) is 5.11 Å². The molecule has 0 fully saturated rings. The molecular weight excluding hydrogens is 300 g/mol. The van der Waals surface area contributed by atoms with Gasteiger partial charge >= 0.3 is 0 Å². The smallest absolute Gasteiger partial charge is 0.189 e. The molecule has 130 valence electrons. The largest absolute Gasteiger partial charge is 0.488 e. The molecule has 0 heterocycles. The van der Waals surface area contributed by atoms with Gasteiger partial charge in [-0.25, -0.2) is 0 Å². The van der Waals surface area contributed by atoms with E-state index in [-0.39, 0.29) is 6.61 Å². The van der Waals surface area contributed by atoms with Crippen molar-refractivity contribution < 1.29 is 14.6 Å². The first kappa shape index (κ1) is 18.5. The summed E-state index contributed by atoms with van der Waals surface area (Å²) in [6.45, 7) is 4.89. The zero-order chi connectivity index (χ0) is 17.2. The number of aliphatic hydroxyl groups is 1. The van der Waals surface area contributed by atoms with Gasteiger partial charge in [-0.2, -0.15) is 0 Å². The molecule has 0 amide bonds. The Balaban J connectivity index is 1.76. The van der Waals surface area contributed by atoms with Gasteiger partial charge in [0.15, 0.2) is 6.29 Å². The molecule has 0 aliphatic rings. The maximum Gasteiger partial charge on any atom is 0.189 e. The van der Waals surface area contributed by atoms with Crippen LogP contribution < -0.4 is 4.74 Å². The fraction of sp³-hybridized carbons (Fsp3) is 0.429. The molecule has 0 saturated heterocycles. The molecule has 1 atom stereocenters. The minimum absolute atomic E-state index is 0.146. The Kier molecular flexibility index (Phi) is 7.80. The van der Waals surface area contributed by atoms with Gasteiger partial charge in [0.2, 0.25) is 0 Å². The quantitative estimate of drug-likeness (QED) is 0.661. The maximum absolute atomic E-state index is 9.94. The molecule has 2 rings (SSSR count). The first-order valence-electron chi connectivity index (χ1n) is 8.75. The molecule has 1 N–H and O–H groups in total. The molecule has 2 aromatic carbocycles. The highest BCUT2D eigenvalue weighted by atomic mass is 16.6. The zero-order valence-corrected chi connectivity index (χ0v) is 14.7. The molecule has 3 heteroatoms. The lowest BCUT2D eigenvalue weighted by atomic mass is 10.0. The molecule has 0 bridgehead atoms. The Morgan fingerprint density at radius 1 is 1.00 bits per heavy atom. The normalized spacial score (nSPS) is 12.1. The van der Waals surface area contributed by atoms with Crippen molar-refractivity contribution in [1.29, 1.82) is 0 Å². The molecule has 0 aliphatic heterocycles. The fourth-order valence-corrected chi connectivity index (χ4v) is 2.62. The summed E-state index contributed by atoms with van der Waals surface area (Å²) in [6, 6.07) is 16.2. The van der Waals surface area contributed by atoms with Crippen LogP contribution in [0.5, 0.6) is 5.75 Å². The van der Waals surface area contributed by atoms with Gasteiger partial charge in [0.25, 0.3) is 0 Å². The van der Waals surface area contributed by atoms with Gasteiger partial charge in [0.1, 0.15) is 12.4 Å². The predicted molar refractivity (Wildman–Crippen MR) is 97.4 cm³/mol. The molecule has 0 radical (unpaired) electrons. The summed E-state index contributed by atoms with van der Waals surface area (Å²) in [5.41, 5.74) is 3.67. The van der Waals surface area contributed by atoms with Crippen molar-refractivity contribution in [3.05, 3.63) is 65.2 Å².